The molecule has 0 saturated carbocycles. The highest BCUT2D eigenvalue weighted by molar-refractivity contribution is 7.89. The third-order valence-corrected chi connectivity index (χ3v) is 5.65. The average molecular weight is 388 g/mol. The summed E-state index contributed by atoms with van der Waals surface area (Å²) >= 11 is 6.83. The molecule has 0 bridgehead atoms. The molecule has 24 heavy (non-hydrogen) atoms. The zero-order valence-electron chi connectivity index (χ0n) is 12.8. The van der Waals surface area contributed by atoms with Crippen LogP contribution in [0.15, 0.2) is 29.2 Å². The second kappa shape index (κ2) is 7.02. The number of benzene rings is 1. The smallest absolute Gasteiger partial charge is 0.338 e. The average Bonchev–Trinajstić information content (AvgIpc) is 2.92. The van der Waals surface area contributed by atoms with Crippen molar-refractivity contribution < 1.29 is 22.7 Å². The number of aryl methyl sites for hydroxylation is 1. The molecule has 0 atom stereocenters. The van der Waals surface area contributed by atoms with Crippen molar-refractivity contribution in [2.75, 3.05) is 6.61 Å². The van der Waals surface area contributed by atoms with Crippen LogP contribution in [0, 0.1) is 13.8 Å². The number of rotatable bonds is 5. The molecule has 0 spiro atoms. The standard InChI is InChI=1S/C15H14ClNO5S2/c1-8-5-10(6-13(9(8)2)24(17,20)21)15(19)22-7-11(18)12-3-4-14(16)23-12/h3-6H,7H2,1-2H3,(H2,17,20,21). The van der Waals surface area contributed by atoms with Crippen molar-refractivity contribution in [3.05, 3.63) is 50.2 Å². The zero-order valence-corrected chi connectivity index (χ0v) is 15.2. The van der Waals surface area contributed by atoms with Gasteiger partial charge < -0.3 is 4.74 Å². The number of ether oxygens (including phenoxy) is 1. The summed E-state index contributed by atoms with van der Waals surface area (Å²) in [6.45, 7) is 2.78. The Morgan fingerprint density at radius 3 is 2.46 bits per heavy atom. The maximum absolute atomic E-state index is 12.1. The lowest BCUT2D eigenvalue weighted by Crippen LogP contribution is -2.17. The van der Waals surface area contributed by atoms with E-state index in [2.05, 4.69) is 0 Å². The Morgan fingerprint density at radius 2 is 1.92 bits per heavy atom. The molecule has 1 aromatic carbocycles. The molecule has 0 radical (unpaired) electrons. The first kappa shape index (κ1) is 18.6. The minimum Gasteiger partial charge on any atom is -0.454 e. The van der Waals surface area contributed by atoms with Crippen LogP contribution in [0.2, 0.25) is 4.34 Å². The molecule has 9 heteroatoms. The van der Waals surface area contributed by atoms with E-state index in [1.165, 1.54) is 12.1 Å². The van der Waals surface area contributed by atoms with Crippen LogP contribution in [0.1, 0.15) is 31.2 Å². The number of thiophene rings is 1. The molecule has 1 heterocycles. The van der Waals surface area contributed by atoms with E-state index in [0.29, 0.717) is 20.3 Å². The maximum Gasteiger partial charge on any atom is 0.338 e. The molecule has 0 saturated heterocycles. The van der Waals surface area contributed by atoms with Crippen LogP contribution >= 0.6 is 22.9 Å². The topological polar surface area (TPSA) is 104 Å². The number of carbonyl (C=O) groups excluding carboxylic acids is 2. The summed E-state index contributed by atoms with van der Waals surface area (Å²) in [4.78, 5) is 24.2. The summed E-state index contributed by atoms with van der Waals surface area (Å²) in [6.07, 6.45) is 0. The summed E-state index contributed by atoms with van der Waals surface area (Å²) in [7, 11) is -3.97. The highest BCUT2D eigenvalue weighted by Crippen LogP contribution is 2.23. The molecule has 2 rings (SSSR count). The maximum atomic E-state index is 12.1. The minimum atomic E-state index is -3.97. The van der Waals surface area contributed by atoms with Crippen LogP contribution in [0.3, 0.4) is 0 Å². The Bertz CT molecular complexity index is 918. The number of carbonyl (C=O) groups is 2. The van der Waals surface area contributed by atoms with Gasteiger partial charge in [0.15, 0.2) is 6.61 Å². The Kier molecular flexibility index (Phi) is 5.44. The first-order valence-electron chi connectivity index (χ1n) is 6.69. The van der Waals surface area contributed by atoms with Crippen LogP contribution < -0.4 is 5.14 Å². The lowest BCUT2D eigenvalue weighted by molar-refractivity contribution is 0.0475. The molecule has 0 fully saturated rings. The van der Waals surface area contributed by atoms with Crippen LogP contribution in [-0.2, 0) is 14.8 Å². The molecule has 0 aliphatic heterocycles. The van der Waals surface area contributed by atoms with Gasteiger partial charge >= 0.3 is 5.97 Å². The number of ketones is 1. The van der Waals surface area contributed by atoms with Gasteiger partial charge in [-0.25, -0.2) is 18.4 Å². The lowest BCUT2D eigenvalue weighted by atomic mass is 10.1. The van der Waals surface area contributed by atoms with Crippen molar-refractivity contribution in [2.45, 2.75) is 18.7 Å². The second-order valence-corrected chi connectivity index (χ2v) is 8.31. The second-order valence-electron chi connectivity index (χ2n) is 5.06. The van der Waals surface area contributed by atoms with Gasteiger partial charge in [-0.3, -0.25) is 4.79 Å². The van der Waals surface area contributed by atoms with Gasteiger partial charge in [0.05, 0.1) is 19.7 Å². The van der Waals surface area contributed by atoms with E-state index in [-0.39, 0.29) is 10.5 Å². The Labute approximate surface area is 148 Å². The molecular formula is C15H14ClNO5S2. The number of hydrogen-bond acceptors (Lipinski definition) is 6. The Balaban J connectivity index is 2.18. The Morgan fingerprint density at radius 1 is 1.25 bits per heavy atom. The molecule has 1 aromatic heterocycles. The third kappa shape index (κ3) is 4.21. The number of halogens is 1. The fourth-order valence-electron chi connectivity index (χ4n) is 1.99. The molecule has 2 aromatic rings. The fourth-order valence-corrected chi connectivity index (χ4v) is 3.84. The van der Waals surface area contributed by atoms with Crippen LogP contribution in [0.4, 0.5) is 0 Å². The SMILES string of the molecule is Cc1cc(C(=O)OCC(=O)c2ccc(Cl)s2)cc(S(N)(=O)=O)c1C. The fraction of sp³-hybridized carbons (Fsp3) is 0.200. The van der Waals surface area contributed by atoms with E-state index in [0.717, 1.165) is 17.4 Å². The summed E-state index contributed by atoms with van der Waals surface area (Å²) < 4.78 is 28.6. The van der Waals surface area contributed by atoms with Crippen molar-refractivity contribution in [3.63, 3.8) is 0 Å². The van der Waals surface area contributed by atoms with Crippen LogP contribution in [-0.4, -0.2) is 26.8 Å². The van der Waals surface area contributed by atoms with E-state index in [1.54, 1.807) is 19.9 Å². The van der Waals surface area contributed by atoms with E-state index in [9.17, 15) is 18.0 Å². The summed E-state index contributed by atoms with van der Waals surface area (Å²) in [5, 5.41) is 5.15. The number of primary sulfonamides is 1. The first-order chi connectivity index (χ1) is 11.1. The predicted molar refractivity (Wildman–Crippen MR) is 91.2 cm³/mol. The molecule has 0 aliphatic rings. The first-order valence-corrected chi connectivity index (χ1v) is 9.43. The van der Waals surface area contributed by atoms with E-state index in [1.807, 2.05) is 0 Å². The predicted octanol–water partition coefficient (Wildman–Crippen LogP) is 2.71. The highest BCUT2D eigenvalue weighted by Gasteiger charge is 2.19. The molecule has 2 N–H and O–H groups in total. The Hall–Kier alpha value is -1.74. The number of esters is 1. The van der Waals surface area contributed by atoms with Crippen LogP contribution in [0.25, 0.3) is 0 Å². The van der Waals surface area contributed by atoms with Crippen molar-refractivity contribution >= 4 is 44.7 Å². The van der Waals surface area contributed by atoms with Gasteiger partial charge in [0, 0.05) is 0 Å². The van der Waals surface area contributed by atoms with E-state index in [4.69, 9.17) is 21.5 Å². The highest BCUT2D eigenvalue weighted by atomic mass is 35.5. The van der Waals surface area contributed by atoms with Gasteiger partial charge in [-0.15, -0.1) is 11.3 Å². The van der Waals surface area contributed by atoms with Crippen molar-refractivity contribution in [1.29, 1.82) is 0 Å². The number of hydrogen-bond donors (Lipinski definition) is 1. The monoisotopic (exact) mass is 387 g/mol. The summed E-state index contributed by atoms with van der Waals surface area (Å²) in [6, 6.07) is 5.74. The molecule has 128 valence electrons. The third-order valence-electron chi connectivity index (χ3n) is 3.34. The lowest BCUT2D eigenvalue weighted by Gasteiger charge is -2.10. The van der Waals surface area contributed by atoms with Crippen LogP contribution in [0.5, 0.6) is 0 Å². The van der Waals surface area contributed by atoms with E-state index >= 15 is 0 Å². The van der Waals surface area contributed by atoms with Gasteiger partial charge in [0.2, 0.25) is 15.8 Å². The van der Waals surface area contributed by atoms with Crippen molar-refractivity contribution in [1.82, 2.24) is 0 Å². The van der Waals surface area contributed by atoms with Gasteiger partial charge in [0.1, 0.15) is 0 Å². The largest absolute Gasteiger partial charge is 0.454 e. The number of nitrogens with two attached hydrogens (primary N) is 1. The van der Waals surface area contributed by atoms with Gasteiger partial charge in [-0.2, -0.15) is 0 Å². The quantitative estimate of drug-likeness (QED) is 0.627. The van der Waals surface area contributed by atoms with Crippen molar-refractivity contribution in [2.24, 2.45) is 5.14 Å². The summed E-state index contributed by atoms with van der Waals surface area (Å²) in [5.74, 6) is -1.20. The van der Waals surface area contributed by atoms with Gasteiger partial charge in [-0.1, -0.05) is 11.6 Å². The van der Waals surface area contributed by atoms with Crippen molar-refractivity contribution in [3.8, 4) is 0 Å². The molecule has 0 amide bonds. The molecule has 0 unspecified atom stereocenters. The molecular weight excluding hydrogens is 374 g/mol. The molecule has 6 nitrogen and oxygen atoms in total. The number of sulfonamides is 1. The number of Topliss-reactive ketones (excluding diaryl/α,β-unsaturated/α-hetero) is 1. The van der Waals surface area contributed by atoms with Gasteiger partial charge in [-0.05, 0) is 49.2 Å². The molecule has 0 aliphatic carbocycles. The zero-order chi connectivity index (χ0) is 18.1. The normalized spacial score (nSPS) is 11.3. The van der Waals surface area contributed by atoms with E-state index < -0.39 is 28.4 Å². The minimum absolute atomic E-state index is 0.0131. The summed E-state index contributed by atoms with van der Waals surface area (Å²) in [5.41, 5.74) is 1.04. The van der Waals surface area contributed by atoms with Gasteiger partial charge in [0.25, 0.3) is 0 Å².